The van der Waals surface area contributed by atoms with Crippen LogP contribution in [-0.2, 0) is 5.41 Å². The average molecular weight is 261 g/mol. The minimum absolute atomic E-state index is 0.147. The molecule has 0 radical (unpaired) electrons. The van der Waals surface area contributed by atoms with E-state index in [-0.39, 0.29) is 5.41 Å². The fourth-order valence-corrected chi connectivity index (χ4v) is 3.66. The second-order valence-electron chi connectivity index (χ2n) is 5.95. The standard InChI is InChI=1S/C16H23NO2/c1-11-12(2)15-14(18-10-19-15)8-13(11)16(9-17)6-4-3-5-7-16/h8H,3-7,9-10,17H2,1-2H3. The van der Waals surface area contributed by atoms with E-state index in [0.29, 0.717) is 6.79 Å². The second kappa shape index (κ2) is 4.71. The molecule has 19 heavy (non-hydrogen) atoms. The van der Waals surface area contributed by atoms with Gasteiger partial charge in [-0.05, 0) is 49.4 Å². The summed E-state index contributed by atoms with van der Waals surface area (Å²) >= 11 is 0. The number of benzene rings is 1. The zero-order chi connectivity index (χ0) is 13.5. The highest BCUT2D eigenvalue weighted by Gasteiger charge is 2.36. The van der Waals surface area contributed by atoms with E-state index in [0.717, 1.165) is 18.0 Å². The SMILES string of the molecule is Cc1c(C2(CN)CCCCC2)cc2c(c1C)OCO2. The Balaban J connectivity index is 2.11. The van der Waals surface area contributed by atoms with Gasteiger partial charge in [-0.25, -0.2) is 0 Å². The molecule has 2 aliphatic rings. The van der Waals surface area contributed by atoms with Crippen molar-refractivity contribution in [2.45, 2.75) is 51.4 Å². The van der Waals surface area contributed by atoms with Crippen LogP contribution in [0.25, 0.3) is 0 Å². The summed E-state index contributed by atoms with van der Waals surface area (Å²) in [5, 5.41) is 0. The van der Waals surface area contributed by atoms with Crippen LogP contribution in [-0.4, -0.2) is 13.3 Å². The van der Waals surface area contributed by atoms with Gasteiger partial charge in [-0.2, -0.15) is 0 Å². The van der Waals surface area contributed by atoms with Crippen LogP contribution < -0.4 is 15.2 Å². The third-order valence-electron chi connectivity index (χ3n) is 5.00. The van der Waals surface area contributed by atoms with Gasteiger partial charge >= 0.3 is 0 Å². The van der Waals surface area contributed by atoms with Crippen molar-refractivity contribution in [1.82, 2.24) is 0 Å². The first-order valence-electron chi connectivity index (χ1n) is 7.28. The summed E-state index contributed by atoms with van der Waals surface area (Å²) in [7, 11) is 0. The number of nitrogens with two attached hydrogens (primary N) is 1. The van der Waals surface area contributed by atoms with Gasteiger partial charge in [0.25, 0.3) is 0 Å². The highest BCUT2D eigenvalue weighted by molar-refractivity contribution is 5.56. The van der Waals surface area contributed by atoms with Gasteiger partial charge in [0.15, 0.2) is 11.5 Å². The van der Waals surface area contributed by atoms with Gasteiger partial charge in [0.05, 0.1) is 0 Å². The maximum atomic E-state index is 6.16. The topological polar surface area (TPSA) is 44.5 Å². The summed E-state index contributed by atoms with van der Waals surface area (Å²) in [6, 6.07) is 2.18. The molecule has 0 spiro atoms. The van der Waals surface area contributed by atoms with Gasteiger partial charge in [0.1, 0.15) is 0 Å². The molecule has 104 valence electrons. The Morgan fingerprint density at radius 2 is 1.84 bits per heavy atom. The van der Waals surface area contributed by atoms with Crippen molar-refractivity contribution in [3.05, 3.63) is 22.8 Å². The second-order valence-corrected chi connectivity index (χ2v) is 5.95. The van der Waals surface area contributed by atoms with Crippen LogP contribution in [0, 0.1) is 13.8 Å². The van der Waals surface area contributed by atoms with E-state index in [1.165, 1.54) is 48.8 Å². The molecule has 1 aromatic carbocycles. The molecule has 1 saturated carbocycles. The van der Waals surface area contributed by atoms with E-state index in [9.17, 15) is 0 Å². The Morgan fingerprint density at radius 1 is 1.11 bits per heavy atom. The van der Waals surface area contributed by atoms with Crippen LogP contribution in [0.5, 0.6) is 11.5 Å². The van der Waals surface area contributed by atoms with Crippen LogP contribution >= 0.6 is 0 Å². The Kier molecular flexibility index (Phi) is 3.17. The van der Waals surface area contributed by atoms with Crippen molar-refractivity contribution in [1.29, 1.82) is 0 Å². The van der Waals surface area contributed by atoms with Crippen molar-refractivity contribution >= 4 is 0 Å². The van der Waals surface area contributed by atoms with Crippen molar-refractivity contribution in [3.8, 4) is 11.5 Å². The van der Waals surface area contributed by atoms with Crippen LogP contribution in [0.4, 0.5) is 0 Å². The van der Waals surface area contributed by atoms with Gasteiger partial charge in [0.2, 0.25) is 6.79 Å². The maximum absolute atomic E-state index is 6.16. The van der Waals surface area contributed by atoms with Gasteiger partial charge in [-0.15, -0.1) is 0 Å². The molecule has 2 N–H and O–H groups in total. The lowest BCUT2D eigenvalue weighted by Gasteiger charge is -2.38. The van der Waals surface area contributed by atoms with Gasteiger partial charge in [-0.1, -0.05) is 19.3 Å². The molecule has 3 heteroatoms. The summed E-state index contributed by atoms with van der Waals surface area (Å²) in [5.74, 6) is 1.82. The number of ether oxygens (including phenoxy) is 2. The van der Waals surface area contributed by atoms with Crippen molar-refractivity contribution in [3.63, 3.8) is 0 Å². The molecule has 0 aromatic heterocycles. The monoisotopic (exact) mass is 261 g/mol. The number of hydrogen-bond donors (Lipinski definition) is 1. The van der Waals surface area contributed by atoms with E-state index in [2.05, 4.69) is 19.9 Å². The van der Waals surface area contributed by atoms with Crippen molar-refractivity contribution < 1.29 is 9.47 Å². The third-order valence-corrected chi connectivity index (χ3v) is 5.00. The zero-order valence-corrected chi connectivity index (χ0v) is 11.9. The summed E-state index contributed by atoms with van der Waals surface area (Å²) in [4.78, 5) is 0. The number of rotatable bonds is 2. The lowest BCUT2D eigenvalue weighted by molar-refractivity contribution is 0.173. The molecule has 0 unspecified atom stereocenters. The molecule has 1 fully saturated rings. The molecule has 1 aromatic rings. The van der Waals surface area contributed by atoms with Crippen LogP contribution in [0.1, 0.15) is 48.8 Å². The lowest BCUT2D eigenvalue weighted by atomic mass is 9.67. The zero-order valence-electron chi connectivity index (χ0n) is 11.9. The molecule has 1 aliphatic heterocycles. The highest BCUT2D eigenvalue weighted by atomic mass is 16.7. The predicted octanol–water partition coefficient (Wildman–Crippen LogP) is 3.19. The van der Waals surface area contributed by atoms with Gasteiger partial charge in [-0.3, -0.25) is 0 Å². The quantitative estimate of drug-likeness (QED) is 0.889. The van der Waals surface area contributed by atoms with Crippen LogP contribution in [0.15, 0.2) is 6.07 Å². The summed E-state index contributed by atoms with van der Waals surface area (Å²) in [5.41, 5.74) is 10.2. The minimum Gasteiger partial charge on any atom is -0.454 e. The van der Waals surface area contributed by atoms with E-state index in [1.807, 2.05) is 0 Å². The Morgan fingerprint density at radius 3 is 2.53 bits per heavy atom. The first-order chi connectivity index (χ1) is 9.18. The Hall–Kier alpha value is -1.22. The fourth-order valence-electron chi connectivity index (χ4n) is 3.66. The first kappa shape index (κ1) is 12.8. The van der Waals surface area contributed by atoms with Crippen molar-refractivity contribution in [2.24, 2.45) is 5.73 Å². The van der Waals surface area contributed by atoms with E-state index in [4.69, 9.17) is 15.2 Å². The highest BCUT2D eigenvalue weighted by Crippen LogP contribution is 2.46. The third kappa shape index (κ3) is 1.91. The molecule has 0 atom stereocenters. The normalized spacial score (nSPS) is 20.6. The minimum atomic E-state index is 0.147. The van der Waals surface area contributed by atoms with E-state index >= 15 is 0 Å². The Bertz CT molecular complexity index is 490. The molecule has 1 heterocycles. The molecule has 3 nitrogen and oxygen atoms in total. The molecule has 0 saturated heterocycles. The molecule has 0 amide bonds. The van der Waals surface area contributed by atoms with Crippen LogP contribution in [0.2, 0.25) is 0 Å². The largest absolute Gasteiger partial charge is 0.454 e. The lowest BCUT2D eigenvalue weighted by Crippen LogP contribution is -2.37. The average Bonchev–Trinajstić information content (AvgIpc) is 2.92. The van der Waals surface area contributed by atoms with Gasteiger partial charge in [0, 0.05) is 12.0 Å². The van der Waals surface area contributed by atoms with E-state index < -0.39 is 0 Å². The summed E-state index contributed by atoms with van der Waals surface area (Å²) < 4.78 is 11.2. The molecular formula is C16H23NO2. The fraction of sp³-hybridized carbons (Fsp3) is 0.625. The smallest absolute Gasteiger partial charge is 0.231 e. The number of fused-ring (bicyclic) bond motifs is 1. The summed E-state index contributed by atoms with van der Waals surface area (Å²) in [6.45, 7) is 5.39. The molecule has 3 rings (SSSR count). The maximum Gasteiger partial charge on any atom is 0.231 e. The van der Waals surface area contributed by atoms with Gasteiger partial charge < -0.3 is 15.2 Å². The van der Waals surface area contributed by atoms with Crippen LogP contribution in [0.3, 0.4) is 0 Å². The Labute approximate surface area is 115 Å². The van der Waals surface area contributed by atoms with Crippen molar-refractivity contribution in [2.75, 3.05) is 13.3 Å². The van der Waals surface area contributed by atoms with E-state index in [1.54, 1.807) is 0 Å². The molecule has 0 bridgehead atoms. The first-order valence-corrected chi connectivity index (χ1v) is 7.28. The molecular weight excluding hydrogens is 238 g/mol. The molecule has 1 aliphatic carbocycles. The predicted molar refractivity (Wildman–Crippen MR) is 75.9 cm³/mol. The summed E-state index contributed by atoms with van der Waals surface area (Å²) in [6.07, 6.45) is 6.30. The number of hydrogen-bond acceptors (Lipinski definition) is 3.